The molecule has 0 saturated carbocycles. The summed E-state index contributed by atoms with van der Waals surface area (Å²) in [5.74, 6) is -0.213. The fourth-order valence-electron chi connectivity index (χ4n) is 2.77. The van der Waals surface area contributed by atoms with E-state index in [1.165, 1.54) is 23.5 Å². The Hall–Kier alpha value is -1.46. The quantitative estimate of drug-likeness (QED) is 0.876. The molecule has 5 heteroatoms. The fraction of sp³-hybridized carbons (Fsp3) is 0.400. The lowest BCUT2D eigenvalue weighted by Crippen LogP contribution is -2.57. The van der Waals surface area contributed by atoms with Crippen molar-refractivity contribution in [2.75, 3.05) is 13.1 Å². The Balaban J connectivity index is 1.95. The third kappa shape index (κ3) is 2.31. The minimum Gasteiger partial charge on any atom is -0.330 e. The first-order chi connectivity index (χ1) is 9.56. The van der Waals surface area contributed by atoms with Crippen LogP contribution in [0.4, 0.5) is 4.39 Å². The number of nitrogens with one attached hydrogen (secondary N) is 1. The van der Waals surface area contributed by atoms with Crippen molar-refractivity contribution in [2.45, 2.75) is 25.9 Å². The summed E-state index contributed by atoms with van der Waals surface area (Å²) < 4.78 is 14.1. The monoisotopic (exact) mass is 292 g/mol. The van der Waals surface area contributed by atoms with Gasteiger partial charge in [-0.05, 0) is 37.4 Å². The molecular formula is C15H17FN2OS. The summed E-state index contributed by atoms with van der Waals surface area (Å²) in [6, 6.07) is 6.86. The molecule has 106 valence electrons. The second-order valence-corrected chi connectivity index (χ2v) is 6.45. The van der Waals surface area contributed by atoms with Crippen molar-refractivity contribution in [1.29, 1.82) is 0 Å². The van der Waals surface area contributed by atoms with E-state index in [2.05, 4.69) is 5.32 Å². The van der Waals surface area contributed by atoms with Gasteiger partial charge in [-0.25, -0.2) is 4.39 Å². The van der Waals surface area contributed by atoms with Gasteiger partial charge in [0.25, 0.3) is 5.91 Å². The lowest BCUT2D eigenvalue weighted by atomic mass is 10.1. The van der Waals surface area contributed by atoms with Crippen LogP contribution in [0.15, 0.2) is 24.3 Å². The first-order valence-electron chi connectivity index (χ1n) is 6.79. The van der Waals surface area contributed by atoms with Crippen molar-refractivity contribution >= 4 is 27.3 Å². The van der Waals surface area contributed by atoms with Crippen LogP contribution in [0.3, 0.4) is 0 Å². The predicted molar refractivity (Wildman–Crippen MR) is 79.7 cm³/mol. The SMILES string of the molecule is CC1CNCC(C)N1C(=O)c1cc2ccc(F)cc2s1. The van der Waals surface area contributed by atoms with Crippen molar-refractivity contribution < 1.29 is 9.18 Å². The van der Waals surface area contributed by atoms with Gasteiger partial charge in [0, 0.05) is 29.9 Å². The lowest BCUT2D eigenvalue weighted by Gasteiger charge is -2.39. The number of carbonyl (C=O) groups is 1. The number of hydrogen-bond acceptors (Lipinski definition) is 3. The molecule has 1 aliphatic heterocycles. The number of carbonyl (C=O) groups excluding carboxylic acids is 1. The molecule has 1 aliphatic rings. The standard InChI is InChI=1S/C15H17FN2OS/c1-9-7-17-8-10(2)18(9)15(19)14-5-11-3-4-12(16)6-13(11)20-14/h3-6,9-10,17H,7-8H2,1-2H3. The Morgan fingerprint density at radius 3 is 2.70 bits per heavy atom. The van der Waals surface area contributed by atoms with Crippen molar-refractivity contribution in [3.05, 3.63) is 35.0 Å². The summed E-state index contributed by atoms with van der Waals surface area (Å²) in [4.78, 5) is 15.3. The van der Waals surface area contributed by atoms with Gasteiger partial charge in [0.15, 0.2) is 0 Å². The zero-order valence-corrected chi connectivity index (χ0v) is 12.3. The van der Waals surface area contributed by atoms with Crippen molar-refractivity contribution in [1.82, 2.24) is 10.2 Å². The van der Waals surface area contributed by atoms with Crippen LogP contribution in [-0.2, 0) is 0 Å². The van der Waals surface area contributed by atoms with Crippen molar-refractivity contribution in [3.63, 3.8) is 0 Å². The van der Waals surface area contributed by atoms with Crippen LogP contribution in [-0.4, -0.2) is 36.0 Å². The van der Waals surface area contributed by atoms with Gasteiger partial charge < -0.3 is 10.2 Å². The summed E-state index contributed by atoms with van der Waals surface area (Å²) in [7, 11) is 0. The third-order valence-corrected chi connectivity index (χ3v) is 4.84. The lowest BCUT2D eigenvalue weighted by molar-refractivity contribution is 0.0549. The molecule has 2 aromatic rings. The molecule has 1 aromatic heterocycles. The Bertz CT molecular complexity index is 644. The van der Waals surface area contributed by atoms with E-state index in [4.69, 9.17) is 0 Å². The van der Waals surface area contributed by atoms with Gasteiger partial charge in [0.2, 0.25) is 0 Å². The number of benzene rings is 1. The maximum Gasteiger partial charge on any atom is 0.264 e. The average molecular weight is 292 g/mol. The Morgan fingerprint density at radius 1 is 1.30 bits per heavy atom. The summed E-state index contributed by atoms with van der Waals surface area (Å²) in [6.45, 7) is 5.73. The van der Waals surface area contributed by atoms with Gasteiger partial charge in [-0.15, -0.1) is 11.3 Å². The topological polar surface area (TPSA) is 32.3 Å². The highest BCUT2D eigenvalue weighted by atomic mass is 32.1. The number of piperazine rings is 1. The highest BCUT2D eigenvalue weighted by molar-refractivity contribution is 7.20. The normalized spacial score (nSPS) is 23.2. The van der Waals surface area contributed by atoms with Gasteiger partial charge in [0.05, 0.1) is 4.88 Å². The average Bonchev–Trinajstić information content (AvgIpc) is 2.81. The number of nitrogens with zero attached hydrogens (tertiary/aromatic N) is 1. The molecular weight excluding hydrogens is 275 g/mol. The first-order valence-corrected chi connectivity index (χ1v) is 7.60. The van der Waals surface area contributed by atoms with Gasteiger partial charge in [-0.1, -0.05) is 6.07 Å². The molecule has 3 rings (SSSR count). The highest BCUT2D eigenvalue weighted by Crippen LogP contribution is 2.28. The minimum atomic E-state index is -0.262. The van der Waals surface area contributed by atoms with E-state index >= 15 is 0 Å². The Morgan fingerprint density at radius 2 is 2.00 bits per heavy atom. The molecule has 1 N–H and O–H groups in total. The minimum absolute atomic E-state index is 0.0492. The molecule has 1 saturated heterocycles. The van der Waals surface area contributed by atoms with Crippen LogP contribution in [0.2, 0.25) is 0 Å². The second-order valence-electron chi connectivity index (χ2n) is 5.36. The number of rotatable bonds is 1. The van der Waals surface area contributed by atoms with E-state index in [0.717, 1.165) is 23.2 Å². The van der Waals surface area contributed by atoms with Gasteiger partial charge in [-0.3, -0.25) is 4.79 Å². The molecule has 1 fully saturated rings. The second kappa shape index (κ2) is 5.14. The zero-order chi connectivity index (χ0) is 14.3. The maximum absolute atomic E-state index is 13.2. The van der Waals surface area contributed by atoms with E-state index in [0.29, 0.717) is 4.88 Å². The number of fused-ring (bicyclic) bond motifs is 1. The molecule has 0 aliphatic carbocycles. The van der Waals surface area contributed by atoms with E-state index in [1.54, 1.807) is 6.07 Å². The van der Waals surface area contributed by atoms with Crippen LogP contribution in [0, 0.1) is 5.82 Å². The van der Waals surface area contributed by atoms with E-state index < -0.39 is 0 Å². The molecule has 1 amide bonds. The van der Waals surface area contributed by atoms with Crippen molar-refractivity contribution in [3.8, 4) is 0 Å². The number of hydrogen-bond donors (Lipinski definition) is 1. The fourth-order valence-corrected chi connectivity index (χ4v) is 3.80. The highest BCUT2D eigenvalue weighted by Gasteiger charge is 2.30. The zero-order valence-electron chi connectivity index (χ0n) is 11.5. The summed E-state index contributed by atoms with van der Waals surface area (Å²) in [6.07, 6.45) is 0. The van der Waals surface area contributed by atoms with Crippen LogP contribution in [0.1, 0.15) is 23.5 Å². The van der Waals surface area contributed by atoms with Gasteiger partial charge >= 0.3 is 0 Å². The predicted octanol–water partition coefficient (Wildman–Crippen LogP) is 2.86. The number of thiophene rings is 1. The van der Waals surface area contributed by atoms with Crippen molar-refractivity contribution in [2.24, 2.45) is 0 Å². The van der Waals surface area contributed by atoms with E-state index in [-0.39, 0.29) is 23.8 Å². The summed E-state index contributed by atoms with van der Waals surface area (Å²) in [5, 5.41) is 4.24. The summed E-state index contributed by atoms with van der Waals surface area (Å²) in [5.41, 5.74) is 0. The van der Waals surface area contributed by atoms with E-state index in [1.807, 2.05) is 24.8 Å². The third-order valence-electron chi connectivity index (χ3n) is 3.76. The molecule has 0 radical (unpaired) electrons. The van der Waals surface area contributed by atoms with Crippen LogP contribution in [0.5, 0.6) is 0 Å². The molecule has 1 aromatic carbocycles. The van der Waals surface area contributed by atoms with Gasteiger partial charge in [-0.2, -0.15) is 0 Å². The largest absolute Gasteiger partial charge is 0.330 e. The molecule has 0 bridgehead atoms. The Kier molecular flexibility index (Phi) is 3.48. The Labute approximate surface area is 121 Å². The van der Waals surface area contributed by atoms with Crippen LogP contribution in [0.25, 0.3) is 10.1 Å². The molecule has 2 atom stereocenters. The number of amides is 1. The van der Waals surface area contributed by atoms with Crippen LogP contribution >= 0.6 is 11.3 Å². The number of halogens is 1. The molecule has 20 heavy (non-hydrogen) atoms. The molecule has 0 spiro atoms. The van der Waals surface area contributed by atoms with E-state index in [9.17, 15) is 9.18 Å². The summed E-state index contributed by atoms with van der Waals surface area (Å²) >= 11 is 1.37. The first kappa shape index (κ1) is 13.5. The van der Waals surface area contributed by atoms with Crippen LogP contribution < -0.4 is 5.32 Å². The molecule has 3 nitrogen and oxygen atoms in total. The molecule has 2 unspecified atom stereocenters. The molecule has 2 heterocycles. The van der Waals surface area contributed by atoms with Gasteiger partial charge in [0.1, 0.15) is 5.82 Å². The maximum atomic E-state index is 13.2. The smallest absolute Gasteiger partial charge is 0.264 e.